The number of thiophene rings is 1. The highest BCUT2D eigenvalue weighted by atomic mass is 32.1. The Bertz CT molecular complexity index is 709. The summed E-state index contributed by atoms with van der Waals surface area (Å²) in [5, 5.41) is 7.59. The van der Waals surface area contributed by atoms with Crippen molar-refractivity contribution < 1.29 is 9.59 Å². The Morgan fingerprint density at radius 3 is 2.48 bits per heavy atom. The van der Waals surface area contributed by atoms with Crippen LogP contribution in [0.3, 0.4) is 0 Å². The molecule has 0 bridgehead atoms. The third kappa shape index (κ3) is 4.58. The van der Waals surface area contributed by atoms with E-state index in [0.717, 1.165) is 13.1 Å². The Kier molecular flexibility index (Phi) is 5.67. The van der Waals surface area contributed by atoms with Crippen molar-refractivity contribution in [1.29, 1.82) is 0 Å². The lowest BCUT2D eigenvalue weighted by atomic mass is 10.1. The van der Waals surface area contributed by atoms with E-state index in [2.05, 4.69) is 33.0 Å². The third-order valence-electron chi connectivity index (χ3n) is 4.32. The summed E-state index contributed by atoms with van der Waals surface area (Å²) in [6, 6.07) is 10.5. The molecule has 1 saturated heterocycles. The van der Waals surface area contributed by atoms with Crippen molar-refractivity contribution in [2.24, 2.45) is 5.73 Å². The fourth-order valence-corrected chi connectivity index (χ4v) is 3.94. The van der Waals surface area contributed by atoms with Crippen LogP contribution in [0, 0.1) is 0 Å². The number of hydrogen-bond acceptors (Lipinski definition) is 4. The summed E-state index contributed by atoms with van der Waals surface area (Å²) in [6.45, 7) is 2.73. The van der Waals surface area contributed by atoms with Gasteiger partial charge in [-0.2, -0.15) is 0 Å². The molecule has 6 nitrogen and oxygen atoms in total. The van der Waals surface area contributed by atoms with Gasteiger partial charge in [0, 0.05) is 22.7 Å². The smallest absolute Gasteiger partial charge is 0.316 e. The number of benzene rings is 1. The Hall–Kier alpha value is -2.38. The van der Waals surface area contributed by atoms with Crippen LogP contribution < -0.4 is 16.4 Å². The highest BCUT2D eigenvalue weighted by molar-refractivity contribution is 7.10. The van der Waals surface area contributed by atoms with Crippen LogP contribution in [0.5, 0.6) is 0 Å². The summed E-state index contributed by atoms with van der Waals surface area (Å²) in [5.74, 6) is -0.119. The number of carbonyl (C=O) groups is 2. The molecule has 3 rings (SSSR count). The number of rotatable bonds is 6. The number of amides is 3. The SMILES string of the molecule is NC(=O)Nc1ccc(C(=O)NCC(c2cccs2)N2CCCC2)cc1. The van der Waals surface area contributed by atoms with Crippen LogP contribution in [0.1, 0.15) is 34.1 Å². The molecule has 7 heteroatoms. The van der Waals surface area contributed by atoms with Gasteiger partial charge in [0.25, 0.3) is 5.91 Å². The van der Waals surface area contributed by atoms with Gasteiger partial charge in [0.1, 0.15) is 0 Å². The van der Waals surface area contributed by atoms with E-state index in [9.17, 15) is 9.59 Å². The molecule has 0 spiro atoms. The minimum Gasteiger partial charge on any atom is -0.351 e. The van der Waals surface area contributed by atoms with Gasteiger partial charge < -0.3 is 16.4 Å². The maximum atomic E-state index is 12.4. The number of nitrogens with one attached hydrogen (secondary N) is 2. The molecule has 1 fully saturated rings. The van der Waals surface area contributed by atoms with Crippen molar-refractivity contribution >= 4 is 29.0 Å². The first-order valence-electron chi connectivity index (χ1n) is 8.35. The van der Waals surface area contributed by atoms with Crippen molar-refractivity contribution in [2.45, 2.75) is 18.9 Å². The van der Waals surface area contributed by atoms with Crippen LogP contribution in [0.4, 0.5) is 10.5 Å². The fourth-order valence-electron chi connectivity index (χ4n) is 3.08. The summed E-state index contributed by atoms with van der Waals surface area (Å²) in [7, 11) is 0. The highest BCUT2D eigenvalue weighted by Crippen LogP contribution is 2.27. The van der Waals surface area contributed by atoms with E-state index >= 15 is 0 Å². The molecule has 0 radical (unpaired) electrons. The maximum Gasteiger partial charge on any atom is 0.316 e. The standard InChI is InChI=1S/C18H22N4O2S/c19-18(24)21-14-7-5-13(6-8-14)17(23)20-12-15(16-4-3-11-25-16)22-9-1-2-10-22/h3-8,11,15H,1-2,9-10,12H2,(H,20,23)(H3,19,21,24). The zero-order chi connectivity index (χ0) is 17.6. The Balaban J connectivity index is 1.62. The summed E-state index contributed by atoms with van der Waals surface area (Å²) in [6.07, 6.45) is 2.42. The van der Waals surface area contributed by atoms with E-state index in [4.69, 9.17) is 5.73 Å². The van der Waals surface area contributed by atoms with Gasteiger partial charge in [0.05, 0.1) is 6.04 Å². The van der Waals surface area contributed by atoms with Crippen LogP contribution in [-0.2, 0) is 0 Å². The summed E-state index contributed by atoms with van der Waals surface area (Å²) < 4.78 is 0. The predicted octanol–water partition coefficient (Wildman–Crippen LogP) is 2.81. The van der Waals surface area contributed by atoms with Crippen LogP contribution >= 0.6 is 11.3 Å². The van der Waals surface area contributed by atoms with E-state index in [-0.39, 0.29) is 11.9 Å². The van der Waals surface area contributed by atoms with Crippen molar-refractivity contribution in [1.82, 2.24) is 10.2 Å². The zero-order valence-corrected chi connectivity index (χ0v) is 14.7. The van der Waals surface area contributed by atoms with Crippen molar-refractivity contribution in [3.05, 3.63) is 52.2 Å². The Labute approximate surface area is 151 Å². The highest BCUT2D eigenvalue weighted by Gasteiger charge is 2.24. The number of nitrogens with two attached hydrogens (primary N) is 1. The van der Waals surface area contributed by atoms with Gasteiger partial charge in [-0.05, 0) is 61.6 Å². The van der Waals surface area contributed by atoms with Gasteiger partial charge in [-0.1, -0.05) is 6.07 Å². The van der Waals surface area contributed by atoms with E-state index in [1.807, 2.05) is 0 Å². The van der Waals surface area contributed by atoms with E-state index < -0.39 is 6.03 Å². The topological polar surface area (TPSA) is 87.5 Å². The molecule has 1 aliphatic rings. The predicted molar refractivity (Wildman–Crippen MR) is 99.8 cm³/mol. The molecule has 1 unspecified atom stereocenters. The lowest BCUT2D eigenvalue weighted by molar-refractivity contribution is 0.0938. The second-order valence-electron chi connectivity index (χ2n) is 6.05. The third-order valence-corrected chi connectivity index (χ3v) is 5.30. The zero-order valence-electron chi connectivity index (χ0n) is 13.9. The molecule has 2 aromatic rings. The largest absolute Gasteiger partial charge is 0.351 e. The minimum atomic E-state index is -0.624. The quantitative estimate of drug-likeness (QED) is 0.742. The van der Waals surface area contributed by atoms with Gasteiger partial charge in [0.15, 0.2) is 0 Å². The summed E-state index contributed by atoms with van der Waals surface area (Å²) >= 11 is 1.73. The molecule has 3 amide bonds. The maximum absolute atomic E-state index is 12.4. The first-order chi connectivity index (χ1) is 12.1. The molecule has 1 aromatic heterocycles. The lowest BCUT2D eigenvalue weighted by Crippen LogP contribution is -2.36. The number of nitrogens with zero attached hydrogens (tertiary/aromatic N) is 1. The number of urea groups is 1. The van der Waals surface area contributed by atoms with Gasteiger partial charge in [-0.25, -0.2) is 4.79 Å². The van der Waals surface area contributed by atoms with Crippen LogP contribution in [-0.4, -0.2) is 36.5 Å². The number of primary amides is 1. The van der Waals surface area contributed by atoms with Gasteiger partial charge in [-0.15, -0.1) is 11.3 Å². The summed E-state index contributed by atoms with van der Waals surface area (Å²) in [5.41, 5.74) is 6.20. The van der Waals surface area contributed by atoms with Gasteiger partial charge in [0.2, 0.25) is 0 Å². The number of anilines is 1. The normalized spacial score (nSPS) is 15.7. The molecule has 132 valence electrons. The molecular formula is C18H22N4O2S. The Morgan fingerprint density at radius 2 is 1.88 bits per heavy atom. The Morgan fingerprint density at radius 1 is 1.16 bits per heavy atom. The minimum absolute atomic E-state index is 0.119. The molecule has 1 aliphatic heterocycles. The van der Waals surface area contributed by atoms with Crippen molar-refractivity contribution in [3.8, 4) is 0 Å². The first-order valence-corrected chi connectivity index (χ1v) is 9.23. The van der Waals surface area contributed by atoms with Crippen LogP contribution in [0.25, 0.3) is 0 Å². The monoisotopic (exact) mass is 358 g/mol. The molecule has 0 aliphatic carbocycles. The molecule has 1 atom stereocenters. The van der Waals surface area contributed by atoms with E-state index in [0.29, 0.717) is 17.8 Å². The second-order valence-corrected chi connectivity index (χ2v) is 7.03. The van der Waals surface area contributed by atoms with Crippen molar-refractivity contribution in [2.75, 3.05) is 25.0 Å². The molecule has 0 saturated carbocycles. The lowest BCUT2D eigenvalue weighted by Gasteiger charge is -2.27. The molecular weight excluding hydrogens is 336 g/mol. The summed E-state index contributed by atoms with van der Waals surface area (Å²) in [4.78, 5) is 27.0. The molecule has 4 N–H and O–H groups in total. The molecule has 25 heavy (non-hydrogen) atoms. The van der Waals surface area contributed by atoms with Gasteiger partial charge in [-0.3, -0.25) is 9.69 Å². The molecule has 1 aromatic carbocycles. The van der Waals surface area contributed by atoms with Crippen LogP contribution in [0.2, 0.25) is 0 Å². The van der Waals surface area contributed by atoms with E-state index in [1.54, 1.807) is 35.6 Å². The van der Waals surface area contributed by atoms with E-state index in [1.165, 1.54) is 17.7 Å². The van der Waals surface area contributed by atoms with Crippen LogP contribution in [0.15, 0.2) is 41.8 Å². The fraction of sp³-hybridized carbons (Fsp3) is 0.333. The van der Waals surface area contributed by atoms with Crippen molar-refractivity contribution in [3.63, 3.8) is 0 Å². The number of likely N-dealkylation sites (tertiary alicyclic amines) is 1. The first kappa shape index (κ1) is 17.4. The second kappa shape index (κ2) is 8.13. The van der Waals surface area contributed by atoms with Gasteiger partial charge >= 0.3 is 6.03 Å². The molecule has 2 heterocycles. The number of carbonyl (C=O) groups excluding carboxylic acids is 2. The average Bonchev–Trinajstić information content (AvgIpc) is 3.29. The average molecular weight is 358 g/mol. The number of hydrogen-bond donors (Lipinski definition) is 3.